The third kappa shape index (κ3) is 3.30. The van der Waals surface area contributed by atoms with E-state index in [0.717, 1.165) is 5.56 Å². The quantitative estimate of drug-likeness (QED) is 0.618. The van der Waals surface area contributed by atoms with Crippen molar-refractivity contribution in [1.82, 2.24) is 0 Å². The molecule has 1 aromatic rings. The van der Waals surface area contributed by atoms with E-state index in [4.69, 9.17) is 9.16 Å². The van der Waals surface area contributed by atoms with Crippen molar-refractivity contribution in [3.63, 3.8) is 0 Å². The fourth-order valence-corrected chi connectivity index (χ4v) is 2.93. The predicted octanol–water partition coefficient (Wildman–Crippen LogP) is 3.06. The molecule has 18 heavy (non-hydrogen) atoms. The van der Waals surface area contributed by atoms with Crippen LogP contribution < -0.4 is 0 Å². The molecule has 0 amide bonds. The zero-order chi connectivity index (χ0) is 13.2. The summed E-state index contributed by atoms with van der Waals surface area (Å²) in [7, 11) is -1.72. The minimum atomic E-state index is -1.72. The summed E-state index contributed by atoms with van der Waals surface area (Å²) in [4.78, 5) is 11.2. The Labute approximate surface area is 109 Å². The van der Waals surface area contributed by atoms with Crippen molar-refractivity contribution >= 4 is 14.3 Å². The molecule has 96 valence electrons. The van der Waals surface area contributed by atoms with Gasteiger partial charge in [0.05, 0.1) is 0 Å². The summed E-state index contributed by atoms with van der Waals surface area (Å²) in [5, 5.41) is 0. The summed E-state index contributed by atoms with van der Waals surface area (Å²) in [5.41, 5.74) is 1.05. The van der Waals surface area contributed by atoms with E-state index < -0.39 is 8.32 Å². The standard InChI is InChI=1S/C14H18O3Si/c1-18(2,3)17-14(11-7-5-4-6-8-11)12-9-10-13(15)16-12/h4-10,12,14H,1-3H3. The van der Waals surface area contributed by atoms with Gasteiger partial charge in [-0.2, -0.15) is 0 Å². The number of cyclic esters (lactones) is 1. The summed E-state index contributed by atoms with van der Waals surface area (Å²) in [6.45, 7) is 6.39. The monoisotopic (exact) mass is 262 g/mol. The Morgan fingerprint density at radius 2 is 1.89 bits per heavy atom. The number of hydrogen-bond donors (Lipinski definition) is 0. The minimum absolute atomic E-state index is 0.208. The highest BCUT2D eigenvalue weighted by Gasteiger charge is 2.32. The van der Waals surface area contributed by atoms with Gasteiger partial charge in [-0.05, 0) is 31.3 Å². The second-order valence-electron chi connectivity index (χ2n) is 5.32. The van der Waals surface area contributed by atoms with Crippen LogP contribution in [0.2, 0.25) is 19.6 Å². The van der Waals surface area contributed by atoms with E-state index in [9.17, 15) is 4.79 Å². The molecule has 1 aliphatic rings. The lowest BCUT2D eigenvalue weighted by Gasteiger charge is -2.29. The molecule has 1 aromatic carbocycles. The zero-order valence-electron chi connectivity index (χ0n) is 10.9. The average molecular weight is 262 g/mol. The van der Waals surface area contributed by atoms with Gasteiger partial charge in [-0.3, -0.25) is 0 Å². The Balaban J connectivity index is 2.24. The molecule has 0 radical (unpaired) electrons. The van der Waals surface area contributed by atoms with Gasteiger partial charge in [0.2, 0.25) is 0 Å². The molecule has 4 heteroatoms. The molecule has 3 nitrogen and oxygen atoms in total. The van der Waals surface area contributed by atoms with Crippen LogP contribution in [0.15, 0.2) is 42.5 Å². The molecule has 0 N–H and O–H groups in total. The van der Waals surface area contributed by atoms with Crippen molar-refractivity contribution < 1.29 is 14.0 Å². The maximum Gasteiger partial charge on any atom is 0.331 e. The second kappa shape index (κ2) is 5.08. The van der Waals surface area contributed by atoms with E-state index in [-0.39, 0.29) is 18.2 Å². The number of carbonyl (C=O) groups excluding carboxylic acids is 1. The average Bonchev–Trinajstić information content (AvgIpc) is 2.73. The fraction of sp³-hybridized carbons (Fsp3) is 0.357. The lowest BCUT2D eigenvalue weighted by atomic mass is 10.1. The van der Waals surface area contributed by atoms with Gasteiger partial charge in [0.1, 0.15) is 12.2 Å². The van der Waals surface area contributed by atoms with E-state index >= 15 is 0 Å². The lowest BCUT2D eigenvalue weighted by molar-refractivity contribution is -0.142. The summed E-state index contributed by atoms with van der Waals surface area (Å²) >= 11 is 0. The first-order valence-corrected chi connectivity index (χ1v) is 9.48. The van der Waals surface area contributed by atoms with E-state index in [1.807, 2.05) is 30.3 Å². The van der Waals surface area contributed by atoms with Crippen molar-refractivity contribution in [2.24, 2.45) is 0 Å². The third-order valence-corrected chi connectivity index (χ3v) is 3.54. The predicted molar refractivity (Wildman–Crippen MR) is 72.6 cm³/mol. The molecule has 0 saturated heterocycles. The molecule has 0 spiro atoms. The van der Waals surface area contributed by atoms with Crippen molar-refractivity contribution in [3.05, 3.63) is 48.0 Å². The van der Waals surface area contributed by atoms with Crippen LogP contribution in [0, 0.1) is 0 Å². The van der Waals surface area contributed by atoms with Crippen molar-refractivity contribution in [3.8, 4) is 0 Å². The van der Waals surface area contributed by atoms with Crippen LogP contribution >= 0.6 is 0 Å². The first-order valence-electron chi connectivity index (χ1n) is 6.07. The minimum Gasteiger partial charge on any atom is -0.452 e. The fourth-order valence-electron chi connectivity index (χ4n) is 1.90. The van der Waals surface area contributed by atoms with E-state index in [1.165, 1.54) is 6.08 Å². The Morgan fingerprint density at radius 1 is 1.22 bits per heavy atom. The third-order valence-electron chi connectivity index (χ3n) is 2.58. The van der Waals surface area contributed by atoms with Crippen LogP contribution in [0.1, 0.15) is 11.7 Å². The van der Waals surface area contributed by atoms with Gasteiger partial charge in [-0.1, -0.05) is 30.3 Å². The molecule has 2 rings (SSSR count). The van der Waals surface area contributed by atoms with Gasteiger partial charge < -0.3 is 9.16 Å². The van der Waals surface area contributed by atoms with Crippen molar-refractivity contribution in [2.75, 3.05) is 0 Å². The smallest absolute Gasteiger partial charge is 0.331 e. The van der Waals surface area contributed by atoms with Crippen LogP contribution in [-0.2, 0) is 14.0 Å². The first-order chi connectivity index (χ1) is 8.46. The highest BCUT2D eigenvalue weighted by Crippen LogP contribution is 2.30. The van der Waals surface area contributed by atoms with Crippen molar-refractivity contribution in [1.29, 1.82) is 0 Å². The van der Waals surface area contributed by atoms with Gasteiger partial charge in [-0.15, -0.1) is 0 Å². The SMILES string of the molecule is C[Si](C)(C)OC(c1ccccc1)C1C=CC(=O)O1. The van der Waals surface area contributed by atoms with Crippen LogP contribution in [0.5, 0.6) is 0 Å². The topological polar surface area (TPSA) is 35.5 Å². The molecule has 0 bridgehead atoms. The summed E-state index contributed by atoms with van der Waals surface area (Å²) in [6.07, 6.45) is 2.72. The molecule has 0 aromatic heterocycles. The maximum absolute atomic E-state index is 11.2. The number of rotatable bonds is 4. The van der Waals surface area contributed by atoms with Crippen LogP contribution in [0.3, 0.4) is 0 Å². The second-order valence-corrected chi connectivity index (χ2v) is 9.78. The number of benzene rings is 1. The number of esters is 1. The molecule has 1 heterocycles. The van der Waals surface area contributed by atoms with Crippen LogP contribution in [-0.4, -0.2) is 20.4 Å². The molecular formula is C14H18O3Si. The Kier molecular flexibility index (Phi) is 3.68. The van der Waals surface area contributed by atoms with Crippen molar-refractivity contribution in [2.45, 2.75) is 31.8 Å². The summed E-state index contributed by atoms with van der Waals surface area (Å²) < 4.78 is 11.4. The van der Waals surface area contributed by atoms with Gasteiger partial charge in [0.25, 0.3) is 0 Å². The molecule has 2 unspecified atom stereocenters. The lowest BCUT2D eigenvalue weighted by Crippen LogP contribution is -2.33. The van der Waals surface area contributed by atoms with E-state index in [2.05, 4.69) is 19.6 Å². The normalized spacial score (nSPS) is 20.8. The number of hydrogen-bond acceptors (Lipinski definition) is 3. The highest BCUT2D eigenvalue weighted by atomic mass is 28.4. The Hall–Kier alpha value is -1.39. The Morgan fingerprint density at radius 3 is 2.39 bits per heavy atom. The molecule has 0 fully saturated rings. The van der Waals surface area contributed by atoms with E-state index in [1.54, 1.807) is 6.08 Å². The summed E-state index contributed by atoms with van der Waals surface area (Å²) in [5.74, 6) is -0.292. The Bertz CT molecular complexity index is 448. The van der Waals surface area contributed by atoms with Gasteiger partial charge >= 0.3 is 5.97 Å². The van der Waals surface area contributed by atoms with Crippen LogP contribution in [0.25, 0.3) is 0 Å². The maximum atomic E-state index is 11.2. The molecule has 0 aliphatic carbocycles. The molecular weight excluding hydrogens is 244 g/mol. The first kappa shape index (κ1) is 13.0. The zero-order valence-corrected chi connectivity index (χ0v) is 11.9. The largest absolute Gasteiger partial charge is 0.452 e. The summed E-state index contributed by atoms with van der Waals surface area (Å²) in [6, 6.07) is 9.91. The van der Waals surface area contributed by atoms with Gasteiger partial charge in [-0.25, -0.2) is 4.79 Å². The van der Waals surface area contributed by atoms with E-state index in [0.29, 0.717) is 0 Å². The number of ether oxygens (including phenoxy) is 1. The van der Waals surface area contributed by atoms with Crippen LogP contribution in [0.4, 0.5) is 0 Å². The molecule has 2 atom stereocenters. The molecule has 1 aliphatic heterocycles. The molecule has 0 saturated carbocycles. The number of carbonyl (C=O) groups is 1. The van der Waals surface area contributed by atoms with Gasteiger partial charge in [0, 0.05) is 6.08 Å². The van der Waals surface area contributed by atoms with Gasteiger partial charge in [0.15, 0.2) is 8.32 Å². The highest BCUT2D eigenvalue weighted by molar-refractivity contribution is 6.69.